The van der Waals surface area contributed by atoms with Crippen LogP contribution in [-0.4, -0.2) is 33.8 Å². The van der Waals surface area contributed by atoms with Gasteiger partial charge in [0.05, 0.1) is 11.4 Å². The first-order valence-corrected chi connectivity index (χ1v) is 6.90. The van der Waals surface area contributed by atoms with Crippen LogP contribution < -0.4 is 10.0 Å². The van der Waals surface area contributed by atoms with Crippen molar-refractivity contribution in [2.75, 3.05) is 13.6 Å². The smallest absolute Gasteiger partial charge is 0.263 e. The van der Waals surface area contributed by atoms with E-state index >= 15 is 0 Å². The highest BCUT2D eigenvalue weighted by molar-refractivity contribution is 7.90. The average Bonchev–Trinajstić information content (AvgIpc) is 2.62. The van der Waals surface area contributed by atoms with Crippen LogP contribution in [0.3, 0.4) is 0 Å². The van der Waals surface area contributed by atoms with Gasteiger partial charge in [0.2, 0.25) is 5.91 Å². The Balaban J connectivity index is 2.23. The Morgan fingerprint density at radius 1 is 1.39 bits per heavy atom. The lowest BCUT2D eigenvalue weighted by Crippen LogP contribution is -2.23. The van der Waals surface area contributed by atoms with Gasteiger partial charge in [-0.25, -0.2) is 8.42 Å². The number of benzene rings is 1. The zero-order chi connectivity index (χ0) is 13.2. The summed E-state index contributed by atoms with van der Waals surface area (Å²) in [6.07, 6.45) is 0.226. The number of nitrogens with zero attached hydrogens (tertiary/aromatic N) is 1. The monoisotopic (exact) mass is 267 g/mol. The summed E-state index contributed by atoms with van der Waals surface area (Å²) in [6.45, 7) is 0.242. The highest BCUT2D eigenvalue weighted by Crippen LogP contribution is 2.21. The summed E-state index contributed by atoms with van der Waals surface area (Å²) in [4.78, 5) is 15.4. The van der Waals surface area contributed by atoms with Crippen molar-refractivity contribution in [1.82, 2.24) is 10.0 Å². The topological polar surface area (TPSA) is 87.6 Å². The second-order valence-electron chi connectivity index (χ2n) is 3.76. The number of aliphatic imine (C=N–C) groups is 1. The molecule has 1 amide bonds. The molecule has 0 fully saturated rings. The van der Waals surface area contributed by atoms with Crippen LogP contribution >= 0.6 is 0 Å². The number of amidine groups is 1. The molecule has 2 rings (SSSR count). The van der Waals surface area contributed by atoms with Crippen LogP contribution in [0.1, 0.15) is 12.0 Å². The van der Waals surface area contributed by atoms with Crippen molar-refractivity contribution in [3.8, 4) is 0 Å². The van der Waals surface area contributed by atoms with Gasteiger partial charge < -0.3 is 5.32 Å². The molecule has 1 aromatic carbocycles. The Hall–Kier alpha value is -1.89. The molecule has 2 N–H and O–H groups in total. The standard InChI is InChI=1S/C11H13N3O3S/c1-12-10(15)6-7-13-11-8-4-2-3-5-9(8)18(16,17)14-11/h2-5H,6-7H2,1H3,(H,12,15)(H,13,14). The molecule has 96 valence electrons. The second-order valence-corrected chi connectivity index (χ2v) is 5.41. The van der Waals surface area contributed by atoms with Crippen LogP contribution in [0.25, 0.3) is 0 Å². The molecule has 1 heterocycles. The van der Waals surface area contributed by atoms with Gasteiger partial charge in [0.1, 0.15) is 5.84 Å². The normalized spacial score (nSPS) is 18.2. The summed E-state index contributed by atoms with van der Waals surface area (Å²) >= 11 is 0. The van der Waals surface area contributed by atoms with E-state index in [0.29, 0.717) is 11.4 Å². The van der Waals surface area contributed by atoms with Gasteiger partial charge in [0.25, 0.3) is 10.0 Å². The highest BCUT2D eigenvalue weighted by atomic mass is 32.2. The third kappa shape index (κ3) is 2.35. The van der Waals surface area contributed by atoms with Gasteiger partial charge in [0, 0.05) is 19.0 Å². The predicted octanol–water partition coefficient (Wildman–Crippen LogP) is -0.139. The maximum Gasteiger partial charge on any atom is 0.263 e. The van der Waals surface area contributed by atoms with Crippen molar-refractivity contribution in [3.63, 3.8) is 0 Å². The number of fused-ring (bicyclic) bond motifs is 1. The van der Waals surface area contributed by atoms with Gasteiger partial charge in [-0.3, -0.25) is 14.5 Å². The van der Waals surface area contributed by atoms with Crippen molar-refractivity contribution < 1.29 is 13.2 Å². The molecule has 0 unspecified atom stereocenters. The van der Waals surface area contributed by atoms with E-state index in [9.17, 15) is 13.2 Å². The Morgan fingerprint density at radius 2 is 2.11 bits per heavy atom. The van der Waals surface area contributed by atoms with E-state index < -0.39 is 10.0 Å². The summed E-state index contributed by atoms with van der Waals surface area (Å²) in [5.74, 6) is 0.169. The fraction of sp³-hybridized carbons (Fsp3) is 0.273. The first-order valence-electron chi connectivity index (χ1n) is 5.42. The highest BCUT2D eigenvalue weighted by Gasteiger charge is 2.29. The zero-order valence-electron chi connectivity index (χ0n) is 9.80. The molecule has 1 aliphatic rings. The van der Waals surface area contributed by atoms with Crippen molar-refractivity contribution in [1.29, 1.82) is 0 Å². The lowest BCUT2D eigenvalue weighted by atomic mass is 10.2. The Bertz CT molecular complexity index is 608. The molecule has 0 radical (unpaired) electrons. The molecule has 7 heteroatoms. The van der Waals surface area contributed by atoms with E-state index in [2.05, 4.69) is 15.0 Å². The molecule has 1 aromatic rings. The number of carbonyl (C=O) groups is 1. The Morgan fingerprint density at radius 3 is 2.83 bits per heavy atom. The molecular formula is C11H13N3O3S. The average molecular weight is 267 g/mol. The van der Waals surface area contributed by atoms with E-state index in [-0.39, 0.29) is 23.8 Å². The minimum Gasteiger partial charge on any atom is -0.359 e. The second kappa shape index (κ2) is 4.77. The van der Waals surface area contributed by atoms with Crippen molar-refractivity contribution in [2.45, 2.75) is 11.3 Å². The van der Waals surface area contributed by atoms with Crippen LogP contribution in [0.2, 0.25) is 0 Å². The molecule has 0 saturated heterocycles. The summed E-state index contributed by atoms with van der Waals surface area (Å²) in [5.41, 5.74) is 0.550. The summed E-state index contributed by atoms with van der Waals surface area (Å²) in [7, 11) is -1.95. The minimum atomic E-state index is -3.49. The van der Waals surface area contributed by atoms with Crippen LogP contribution in [-0.2, 0) is 14.8 Å². The van der Waals surface area contributed by atoms with E-state index in [1.54, 1.807) is 25.2 Å². The van der Waals surface area contributed by atoms with Crippen molar-refractivity contribution in [3.05, 3.63) is 29.8 Å². The molecule has 0 aromatic heterocycles. The van der Waals surface area contributed by atoms with Gasteiger partial charge in [-0.1, -0.05) is 12.1 Å². The SMILES string of the molecule is CNC(=O)CCN=C1NS(=O)(=O)c2ccccc21. The van der Waals surface area contributed by atoms with E-state index in [0.717, 1.165) is 0 Å². The van der Waals surface area contributed by atoms with Crippen molar-refractivity contribution in [2.24, 2.45) is 4.99 Å². The van der Waals surface area contributed by atoms with Crippen LogP contribution in [0, 0.1) is 0 Å². The van der Waals surface area contributed by atoms with Gasteiger partial charge in [-0.15, -0.1) is 0 Å². The molecular weight excluding hydrogens is 254 g/mol. The molecule has 0 atom stereocenters. The maximum atomic E-state index is 11.7. The zero-order valence-corrected chi connectivity index (χ0v) is 10.6. The lowest BCUT2D eigenvalue weighted by Gasteiger charge is -1.99. The summed E-state index contributed by atoms with van der Waals surface area (Å²) < 4.78 is 25.9. The quantitative estimate of drug-likeness (QED) is 0.799. The van der Waals surface area contributed by atoms with Crippen LogP contribution in [0.5, 0.6) is 0 Å². The third-order valence-corrected chi connectivity index (χ3v) is 3.95. The summed E-state index contributed by atoms with van der Waals surface area (Å²) in [6, 6.07) is 6.62. The number of sulfonamides is 1. The van der Waals surface area contributed by atoms with Gasteiger partial charge >= 0.3 is 0 Å². The fourth-order valence-corrected chi connectivity index (χ4v) is 2.90. The summed E-state index contributed by atoms with van der Waals surface area (Å²) in [5, 5.41) is 2.48. The first-order chi connectivity index (χ1) is 8.54. The van der Waals surface area contributed by atoms with E-state index in [1.165, 1.54) is 6.07 Å². The predicted molar refractivity (Wildman–Crippen MR) is 66.9 cm³/mol. The lowest BCUT2D eigenvalue weighted by molar-refractivity contribution is -0.120. The molecule has 6 nitrogen and oxygen atoms in total. The number of hydrogen-bond acceptors (Lipinski definition) is 4. The third-order valence-electron chi connectivity index (χ3n) is 2.55. The fourth-order valence-electron chi connectivity index (χ4n) is 1.65. The van der Waals surface area contributed by atoms with Crippen molar-refractivity contribution >= 4 is 21.8 Å². The number of rotatable bonds is 3. The maximum absolute atomic E-state index is 11.7. The van der Waals surface area contributed by atoms with E-state index in [4.69, 9.17) is 0 Å². The molecule has 1 aliphatic heterocycles. The minimum absolute atomic E-state index is 0.131. The van der Waals surface area contributed by atoms with Crippen LogP contribution in [0.15, 0.2) is 34.2 Å². The Labute approximate surface area is 105 Å². The number of amides is 1. The van der Waals surface area contributed by atoms with Crippen LogP contribution in [0.4, 0.5) is 0 Å². The number of nitrogens with one attached hydrogen (secondary N) is 2. The number of hydrogen-bond donors (Lipinski definition) is 2. The Kier molecular flexibility index (Phi) is 3.33. The van der Waals surface area contributed by atoms with Gasteiger partial charge in [-0.05, 0) is 12.1 Å². The molecule has 0 spiro atoms. The van der Waals surface area contributed by atoms with Gasteiger partial charge in [-0.2, -0.15) is 0 Å². The molecule has 18 heavy (non-hydrogen) atoms. The number of carbonyl (C=O) groups excluding carboxylic acids is 1. The van der Waals surface area contributed by atoms with Gasteiger partial charge in [0.15, 0.2) is 0 Å². The molecule has 0 aliphatic carbocycles. The molecule has 0 saturated carbocycles. The van der Waals surface area contributed by atoms with E-state index in [1.807, 2.05) is 0 Å². The molecule has 0 bridgehead atoms. The largest absolute Gasteiger partial charge is 0.359 e. The first kappa shape index (κ1) is 12.6.